The molecule has 11 nitrogen and oxygen atoms in total. The van der Waals surface area contributed by atoms with E-state index in [1.165, 1.54) is 11.1 Å². The van der Waals surface area contributed by atoms with Crippen LogP contribution in [0.2, 0.25) is 5.15 Å². The Morgan fingerprint density at radius 1 is 0.783 bits per heavy atom. The minimum atomic E-state index is -0.663. The van der Waals surface area contributed by atoms with Gasteiger partial charge < -0.3 is 28.3 Å². The van der Waals surface area contributed by atoms with Crippen LogP contribution >= 0.6 is 11.6 Å². The average molecular weight is 642 g/mol. The standard InChI is InChI=1S/C34H40ClN9O2/c35-29-31(38)43-30(37)28(42-29)33(46)44-34(39)41-19-5-4-7-22-11-15-25(16-12-22)26-17-13-23(14-18-26)10-6-20-40-32(45)27(36)21-24-8-2-1-3-9-24/h1-3,8-9,11-18,27H,4-7,10,19-21,36H2,(H,40,45)(H4,37,38,43)(H3,39,41,44,46)/t27-/m0/s1. The van der Waals surface area contributed by atoms with Gasteiger partial charge in [0.15, 0.2) is 28.4 Å². The third-order valence-corrected chi connectivity index (χ3v) is 7.61. The number of nitrogens with zero attached hydrogens (tertiary/aromatic N) is 3. The summed E-state index contributed by atoms with van der Waals surface area (Å²) in [7, 11) is 0. The summed E-state index contributed by atoms with van der Waals surface area (Å²) in [6, 6.07) is 26.3. The number of benzene rings is 3. The van der Waals surface area contributed by atoms with Crippen LogP contribution < -0.4 is 33.6 Å². The van der Waals surface area contributed by atoms with Crippen molar-refractivity contribution in [2.45, 2.75) is 44.6 Å². The molecule has 0 saturated carbocycles. The van der Waals surface area contributed by atoms with E-state index in [2.05, 4.69) is 74.1 Å². The maximum Gasteiger partial charge on any atom is 0.280 e. The molecule has 1 atom stereocenters. The van der Waals surface area contributed by atoms with Crippen LogP contribution in [0.25, 0.3) is 11.1 Å². The number of nitrogen functional groups attached to an aromatic ring is 2. The summed E-state index contributed by atoms with van der Waals surface area (Å²) >= 11 is 5.82. The number of aromatic nitrogens is 2. The Morgan fingerprint density at radius 2 is 1.39 bits per heavy atom. The van der Waals surface area contributed by atoms with Crippen LogP contribution in [0.1, 0.15) is 46.4 Å². The number of anilines is 2. The predicted octanol–water partition coefficient (Wildman–Crippen LogP) is 3.65. The van der Waals surface area contributed by atoms with E-state index in [1.807, 2.05) is 30.3 Å². The molecular formula is C34H40ClN9O2. The number of amides is 2. The first-order valence-electron chi connectivity index (χ1n) is 15.1. The highest BCUT2D eigenvalue weighted by Gasteiger charge is 2.17. The van der Waals surface area contributed by atoms with E-state index in [0.29, 0.717) is 19.5 Å². The molecule has 0 aliphatic heterocycles. The zero-order valence-corrected chi connectivity index (χ0v) is 26.3. The van der Waals surface area contributed by atoms with Crippen molar-refractivity contribution in [3.63, 3.8) is 0 Å². The normalized spacial score (nSPS) is 12.0. The zero-order chi connectivity index (χ0) is 32.9. The summed E-state index contributed by atoms with van der Waals surface area (Å²) in [6.45, 7) is 1.04. The molecule has 10 N–H and O–H groups in total. The lowest BCUT2D eigenvalue weighted by atomic mass is 9.99. The minimum Gasteiger partial charge on any atom is -0.382 e. The summed E-state index contributed by atoms with van der Waals surface area (Å²) in [5.41, 5.74) is 28.8. The lowest BCUT2D eigenvalue weighted by Crippen LogP contribution is -2.42. The van der Waals surface area contributed by atoms with Crippen molar-refractivity contribution in [3.05, 3.63) is 106 Å². The average Bonchev–Trinajstić information content (AvgIpc) is 3.05. The number of guanidine groups is 1. The van der Waals surface area contributed by atoms with Gasteiger partial charge >= 0.3 is 0 Å². The summed E-state index contributed by atoms with van der Waals surface area (Å²) in [5.74, 6) is -1.03. The quantitative estimate of drug-likeness (QED) is 0.0680. The van der Waals surface area contributed by atoms with Crippen LogP contribution in [0.4, 0.5) is 11.6 Å². The number of unbranched alkanes of at least 4 members (excludes halogenated alkanes) is 1. The Morgan fingerprint density at radius 3 is 2.02 bits per heavy atom. The molecule has 0 aliphatic carbocycles. The van der Waals surface area contributed by atoms with Crippen LogP contribution in [0.15, 0.2) is 83.9 Å². The van der Waals surface area contributed by atoms with Gasteiger partial charge in [0, 0.05) is 13.1 Å². The molecule has 4 aromatic rings. The summed E-state index contributed by atoms with van der Waals surface area (Å²) in [6.07, 6.45) is 4.83. The number of nitrogens with one attached hydrogen (secondary N) is 2. The lowest BCUT2D eigenvalue weighted by molar-refractivity contribution is -0.122. The first kappa shape index (κ1) is 33.9. The number of nitrogens with two attached hydrogens (primary N) is 4. The SMILES string of the molecule is NC(=NCCCCc1ccc(-c2ccc(CCCNC(=O)[C@@H](N)Cc3ccccc3)cc2)cc1)NC(=O)c1nc(Cl)c(N)nc1N. The second kappa shape index (κ2) is 16.9. The first-order valence-corrected chi connectivity index (χ1v) is 15.5. The molecule has 0 spiro atoms. The van der Waals surface area contributed by atoms with Gasteiger partial charge in [-0.2, -0.15) is 0 Å². The molecule has 0 fully saturated rings. The van der Waals surface area contributed by atoms with Gasteiger partial charge in [0.05, 0.1) is 6.04 Å². The van der Waals surface area contributed by atoms with Crippen LogP contribution in [-0.4, -0.2) is 46.9 Å². The van der Waals surface area contributed by atoms with Crippen molar-refractivity contribution < 1.29 is 9.59 Å². The fourth-order valence-corrected chi connectivity index (χ4v) is 4.91. The van der Waals surface area contributed by atoms with E-state index in [0.717, 1.165) is 48.8 Å². The van der Waals surface area contributed by atoms with Crippen molar-refractivity contribution in [2.75, 3.05) is 24.6 Å². The monoisotopic (exact) mass is 641 g/mol. The van der Waals surface area contributed by atoms with Gasteiger partial charge in [-0.1, -0.05) is 90.5 Å². The number of aryl methyl sites for hydroxylation is 2. The van der Waals surface area contributed by atoms with Gasteiger partial charge in [-0.3, -0.25) is 19.9 Å². The summed E-state index contributed by atoms with van der Waals surface area (Å²) < 4.78 is 0. The Labute approximate surface area is 273 Å². The first-order chi connectivity index (χ1) is 22.2. The highest BCUT2D eigenvalue weighted by atomic mass is 35.5. The minimum absolute atomic E-state index is 0.0412. The molecular weight excluding hydrogens is 602 g/mol. The smallest absolute Gasteiger partial charge is 0.280 e. The molecule has 0 unspecified atom stereocenters. The molecule has 1 heterocycles. The molecule has 4 rings (SSSR count). The number of aliphatic imine (C=N–C) groups is 1. The van der Waals surface area contributed by atoms with E-state index in [9.17, 15) is 9.59 Å². The van der Waals surface area contributed by atoms with Crippen LogP contribution in [0, 0.1) is 0 Å². The second-order valence-corrected chi connectivity index (χ2v) is 11.3. The maximum absolute atomic E-state index is 12.3. The van der Waals surface area contributed by atoms with E-state index in [1.54, 1.807) is 0 Å². The molecule has 0 saturated heterocycles. The van der Waals surface area contributed by atoms with E-state index < -0.39 is 11.9 Å². The molecule has 46 heavy (non-hydrogen) atoms. The highest BCUT2D eigenvalue weighted by molar-refractivity contribution is 6.31. The van der Waals surface area contributed by atoms with Gasteiger partial charge in [-0.25, -0.2) is 9.97 Å². The van der Waals surface area contributed by atoms with Crippen molar-refractivity contribution in [1.29, 1.82) is 0 Å². The predicted molar refractivity (Wildman–Crippen MR) is 184 cm³/mol. The van der Waals surface area contributed by atoms with E-state index >= 15 is 0 Å². The maximum atomic E-state index is 12.3. The van der Waals surface area contributed by atoms with Gasteiger partial charge in [0.1, 0.15) is 0 Å². The number of hydrogen-bond acceptors (Lipinski definition) is 8. The topological polar surface area (TPSA) is 200 Å². The molecule has 0 bridgehead atoms. The molecule has 2 amide bonds. The van der Waals surface area contributed by atoms with Gasteiger partial charge in [0.25, 0.3) is 5.91 Å². The molecule has 1 aromatic heterocycles. The van der Waals surface area contributed by atoms with Crippen molar-refractivity contribution >= 4 is 41.0 Å². The molecule has 3 aromatic carbocycles. The summed E-state index contributed by atoms with van der Waals surface area (Å²) in [4.78, 5) is 36.5. The third-order valence-electron chi connectivity index (χ3n) is 7.34. The molecule has 0 radical (unpaired) electrons. The van der Waals surface area contributed by atoms with Gasteiger partial charge in [0.2, 0.25) is 5.91 Å². The number of carbonyl (C=O) groups excluding carboxylic acids is 2. The Kier molecular flexibility index (Phi) is 12.4. The van der Waals surface area contributed by atoms with Gasteiger partial charge in [-0.05, 0) is 66.3 Å². The van der Waals surface area contributed by atoms with Crippen molar-refractivity contribution in [1.82, 2.24) is 20.6 Å². The highest BCUT2D eigenvalue weighted by Crippen LogP contribution is 2.22. The molecule has 0 aliphatic rings. The van der Waals surface area contributed by atoms with Crippen LogP contribution in [0.5, 0.6) is 0 Å². The van der Waals surface area contributed by atoms with Gasteiger partial charge in [-0.15, -0.1) is 0 Å². The van der Waals surface area contributed by atoms with Crippen LogP contribution in [-0.2, 0) is 24.1 Å². The number of hydrogen-bond donors (Lipinski definition) is 6. The van der Waals surface area contributed by atoms with Crippen molar-refractivity contribution in [2.24, 2.45) is 16.5 Å². The zero-order valence-electron chi connectivity index (χ0n) is 25.6. The Balaban J connectivity index is 1.13. The number of rotatable bonds is 14. The third kappa shape index (κ3) is 10.3. The van der Waals surface area contributed by atoms with E-state index in [4.69, 9.17) is 34.5 Å². The van der Waals surface area contributed by atoms with E-state index in [-0.39, 0.29) is 34.3 Å². The molecule has 240 valence electrons. The largest absolute Gasteiger partial charge is 0.382 e. The summed E-state index contributed by atoms with van der Waals surface area (Å²) in [5, 5.41) is 5.27. The Hall–Kier alpha value is -5.00. The number of halogens is 1. The molecule has 12 heteroatoms. The van der Waals surface area contributed by atoms with Crippen molar-refractivity contribution in [3.8, 4) is 11.1 Å². The van der Waals surface area contributed by atoms with Crippen LogP contribution in [0.3, 0.4) is 0 Å². The number of carbonyl (C=O) groups is 2. The fourth-order valence-electron chi connectivity index (χ4n) is 4.79. The fraction of sp³-hybridized carbons (Fsp3) is 0.265. The lowest BCUT2D eigenvalue weighted by Gasteiger charge is -2.12. The second-order valence-electron chi connectivity index (χ2n) is 10.9. The Bertz CT molecular complexity index is 1630.